The van der Waals surface area contributed by atoms with Gasteiger partial charge in [0.05, 0.1) is 13.2 Å². The normalized spacial score (nSPS) is 18.5. The van der Waals surface area contributed by atoms with Crippen LogP contribution in [0.25, 0.3) is 0 Å². The highest BCUT2D eigenvalue weighted by atomic mass is 32.1. The molecule has 0 fully saturated rings. The number of Topliss-reactive ketones (excluding diaryl/α,β-unsaturated/α-hetero) is 1. The molecule has 1 atom stereocenters. The second-order valence-electron chi connectivity index (χ2n) is 7.56. The van der Waals surface area contributed by atoms with E-state index in [0.717, 1.165) is 35.2 Å². The third-order valence-electron chi connectivity index (χ3n) is 5.71. The second-order valence-corrected chi connectivity index (χ2v) is 7.94. The quantitative estimate of drug-likeness (QED) is 0.659. The lowest BCUT2D eigenvalue weighted by Gasteiger charge is -2.40. The van der Waals surface area contributed by atoms with E-state index >= 15 is 0 Å². The Morgan fingerprint density at radius 1 is 1.19 bits per heavy atom. The average molecular weight is 441 g/mol. The van der Waals surface area contributed by atoms with Crippen molar-refractivity contribution in [3.05, 3.63) is 70.7 Å². The van der Waals surface area contributed by atoms with Gasteiger partial charge in [0.25, 0.3) is 0 Å². The topological polar surface area (TPSA) is 50.8 Å². The molecule has 0 spiro atoms. The fourth-order valence-corrected chi connectivity index (χ4v) is 4.59. The minimum absolute atomic E-state index is 0.131. The van der Waals surface area contributed by atoms with Gasteiger partial charge in [0.2, 0.25) is 0 Å². The molecule has 31 heavy (non-hydrogen) atoms. The van der Waals surface area contributed by atoms with Crippen molar-refractivity contribution in [3.63, 3.8) is 0 Å². The number of hydrogen-bond acceptors (Lipinski definition) is 4. The highest BCUT2D eigenvalue weighted by Crippen LogP contribution is 2.43. The number of ether oxygens (including phenoxy) is 2. The molecule has 1 aliphatic heterocycles. The summed E-state index contributed by atoms with van der Waals surface area (Å²) in [6.45, 7) is 2.98. The molecule has 1 heterocycles. The summed E-state index contributed by atoms with van der Waals surface area (Å²) in [5.74, 6) is 0.949. The van der Waals surface area contributed by atoms with Crippen LogP contribution in [-0.2, 0) is 11.4 Å². The van der Waals surface area contributed by atoms with Crippen LogP contribution in [0, 0.1) is 5.82 Å². The lowest BCUT2D eigenvalue weighted by Crippen LogP contribution is -2.49. The summed E-state index contributed by atoms with van der Waals surface area (Å²) < 4.78 is 25.0. The number of methoxy groups -OCH3 is 1. The Hall–Kier alpha value is -2.93. The molecular weight excluding hydrogens is 415 g/mol. The standard InChI is InChI=1S/C24H25FN2O3S/c1-3-27-18-7-5-8-19(28)21(18)22(26-24(27)31)17-6-4-9-20(29-2)23(17)30-14-15-10-12-16(25)13-11-15/h4,6,9-13,22H,3,5,7-8,14H2,1-2H3,(H,26,31). The molecule has 0 amide bonds. The number of carbonyl (C=O) groups is 1. The van der Waals surface area contributed by atoms with Crippen molar-refractivity contribution in [1.29, 1.82) is 0 Å². The number of hydrogen-bond donors (Lipinski definition) is 1. The average Bonchev–Trinajstić information content (AvgIpc) is 2.78. The first-order valence-electron chi connectivity index (χ1n) is 10.4. The molecule has 2 aromatic rings. The van der Waals surface area contributed by atoms with Gasteiger partial charge >= 0.3 is 0 Å². The Kier molecular flexibility index (Phi) is 6.23. The molecule has 7 heteroatoms. The number of ketones is 1. The van der Waals surface area contributed by atoms with E-state index in [0.29, 0.717) is 29.6 Å². The number of thiocarbonyl (C=S) groups is 1. The maximum Gasteiger partial charge on any atom is 0.173 e. The van der Waals surface area contributed by atoms with Crippen molar-refractivity contribution >= 4 is 23.1 Å². The highest BCUT2D eigenvalue weighted by molar-refractivity contribution is 7.80. The van der Waals surface area contributed by atoms with E-state index in [9.17, 15) is 9.18 Å². The molecule has 0 saturated carbocycles. The molecule has 162 valence electrons. The molecule has 2 aromatic carbocycles. The molecule has 0 bridgehead atoms. The molecule has 0 radical (unpaired) electrons. The Morgan fingerprint density at radius 3 is 2.68 bits per heavy atom. The fraction of sp³-hybridized carbons (Fsp3) is 0.333. The maximum atomic E-state index is 13.2. The van der Waals surface area contributed by atoms with Crippen molar-refractivity contribution in [2.75, 3.05) is 13.7 Å². The first kappa shape index (κ1) is 21.3. The molecule has 1 unspecified atom stereocenters. The second kappa shape index (κ2) is 9.06. The molecule has 0 aromatic heterocycles. The zero-order chi connectivity index (χ0) is 22.0. The van der Waals surface area contributed by atoms with Gasteiger partial charge in [-0.3, -0.25) is 4.79 Å². The lowest BCUT2D eigenvalue weighted by atomic mass is 9.84. The van der Waals surface area contributed by atoms with Crippen LogP contribution in [0.2, 0.25) is 0 Å². The van der Waals surface area contributed by atoms with Gasteiger partial charge in [0, 0.05) is 29.8 Å². The third-order valence-corrected chi connectivity index (χ3v) is 6.05. The van der Waals surface area contributed by atoms with Gasteiger partial charge in [0.1, 0.15) is 12.4 Å². The van der Waals surface area contributed by atoms with Crippen LogP contribution in [0.15, 0.2) is 53.7 Å². The van der Waals surface area contributed by atoms with Crippen LogP contribution < -0.4 is 14.8 Å². The molecule has 5 nitrogen and oxygen atoms in total. The Balaban J connectivity index is 1.75. The van der Waals surface area contributed by atoms with E-state index in [4.69, 9.17) is 21.7 Å². The predicted octanol–water partition coefficient (Wildman–Crippen LogP) is 4.67. The molecule has 0 saturated heterocycles. The zero-order valence-corrected chi connectivity index (χ0v) is 18.4. The number of nitrogens with zero attached hydrogens (tertiary/aromatic N) is 1. The predicted molar refractivity (Wildman–Crippen MR) is 120 cm³/mol. The first-order valence-corrected chi connectivity index (χ1v) is 10.8. The lowest BCUT2D eigenvalue weighted by molar-refractivity contribution is -0.116. The van der Waals surface area contributed by atoms with Crippen molar-refractivity contribution in [3.8, 4) is 11.5 Å². The summed E-state index contributed by atoms with van der Waals surface area (Å²) in [4.78, 5) is 15.0. The van der Waals surface area contributed by atoms with Gasteiger partial charge in [-0.05, 0) is 55.7 Å². The number of halogens is 1. The zero-order valence-electron chi connectivity index (χ0n) is 17.6. The van der Waals surface area contributed by atoms with Gasteiger partial charge in [-0.2, -0.15) is 0 Å². The maximum absolute atomic E-state index is 13.2. The molecule has 1 aliphatic carbocycles. The summed E-state index contributed by atoms with van der Waals surface area (Å²) in [6.07, 6.45) is 2.18. The summed E-state index contributed by atoms with van der Waals surface area (Å²) in [5, 5.41) is 3.96. The molecule has 1 N–H and O–H groups in total. The van der Waals surface area contributed by atoms with E-state index in [1.807, 2.05) is 30.0 Å². The van der Waals surface area contributed by atoms with Crippen LogP contribution in [-0.4, -0.2) is 29.5 Å². The summed E-state index contributed by atoms with van der Waals surface area (Å²) in [6, 6.07) is 11.4. The number of benzene rings is 2. The Labute approximate surface area is 186 Å². The highest BCUT2D eigenvalue weighted by Gasteiger charge is 2.38. The van der Waals surface area contributed by atoms with E-state index in [1.54, 1.807) is 19.2 Å². The fourth-order valence-electron chi connectivity index (χ4n) is 4.23. The smallest absolute Gasteiger partial charge is 0.173 e. The summed E-state index contributed by atoms with van der Waals surface area (Å²) >= 11 is 5.63. The van der Waals surface area contributed by atoms with Crippen LogP contribution >= 0.6 is 12.2 Å². The summed E-state index contributed by atoms with van der Waals surface area (Å²) in [7, 11) is 1.58. The van der Waals surface area contributed by atoms with E-state index in [-0.39, 0.29) is 18.2 Å². The van der Waals surface area contributed by atoms with Crippen molar-refractivity contribution in [1.82, 2.24) is 10.2 Å². The number of para-hydroxylation sites is 1. The van der Waals surface area contributed by atoms with Gasteiger partial charge in [-0.25, -0.2) is 4.39 Å². The minimum atomic E-state index is -0.406. The number of rotatable bonds is 6. The molecular formula is C24H25FN2O3S. The Bertz CT molecular complexity index is 1040. The molecule has 2 aliphatic rings. The third kappa shape index (κ3) is 4.14. The van der Waals surface area contributed by atoms with E-state index < -0.39 is 6.04 Å². The van der Waals surface area contributed by atoms with Crippen molar-refractivity contribution < 1.29 is 18.7 Å². The first-order chi connectivity index (χ1) is 15.0. The van der Waals surface area contributed by atoms with Crippen molar-refractivity contribution in [2.45, 2.75) is 38.8 Å². The van der Waals surface area contributed by atoms with Crippen LogP contribution in [0.4, 0.5) is 4.39 Å². The van der Waals surface area contributed by atoms with Gasteiger partial charge in [0.15, 0.2) is 22.4 Å². The Morgan fingerprint density at radius 2 is 1.97 bits per heavy atom. The van der Waals surface area contributed by atoms with Crippen LogP contribution in [0.5, 0.6) is 11.5 Å². The summed E-state index contributed by atoms with van der Waals surface area (Å²) in [5.41, 5.74) is 3.37. The van der Waals surface area contributed by atoms with Gasteiger partial charge in [-0.1, -0.05) is 24.3 Å². The molecule has 4 rings (SSSR count). The van der Waals surface area contributed by atoms with Crippen molar-refractivity contribution in [2.24, 2.45) is 0 Å². The van der Waals surface area contributed by atoms with Gasteiger partial charge < -0.3 is 19.7 Å². The number of allylic oxidation sites excluding steroid dienone is 1. The monoisotopic (exact) mass is 440 g/mol. The van der Waals surface area contributed by atoms with Crippen LogP contribution in [0.1, 0.15) is 43.4 Å². The minimum Gasteiger partial charge on any atom is -0.493 e. The number of nitrogens with one attached hydrogen (secondary N) is 1. The van der Waals surface area contributed by atoms with E-state index in [1.165, 1.54) is 12.1 Å². The SMILES string of the molecule is CCN1C(=S)NC(c2cccc(OC)c2OCc2ccc(F)cc2)C2=C1CCCC2=O. The van der Waals surface area contributed by atoms with E-state index in [2.05, 4.69) is 5.32 Å². The number of carbonyl (C=O) groups excluding carboxylic acids is 1. The van der Waals surface area contributed by atoms with Gasteiger partial charge in [-0.15, -0.1) is 0 Å². The van der Waals surface area contributed by atoms with Crippen LogP contribution in [0.3, 0.4) is 0 Å². The largest absolute Gasteiger partial charge is 0.493 e.